The molecule has 26 heavy (non-hydrogen) atoms. The fraction of sp³-hybridized carbons (Fsp3) is 0.500. The van der Waals surface area contributed by atoms with Crippen LogP contribution in [0.1, 0.15) is 37.7 Å². The molecule has 1 aromatic carbocycles. The zero-order chi connectivity index (χ0) is 18.2. The molecule has 1 aromatic heterocycles. The number of rotatable bonds is 8. The summed E-state index contributed by atoms with van der Waals surface area (Å²) in [7, 11) is 3.29. The van der Waals surface area contributed by atoms with Crippen molar-refractivity contribution in [1.82, 2.24) is 9.97 Å². The van der Waals surface area contributed by atoms with Crippen LogP contribution < -0.4 is 20.1 Å². The van der Waals surface area contributed by atoms with Crippen LogP contribution in [0.25, 0.3) is 0 Å². The van der Waals surface area contributed by atoms with E-state index in [1.165, 1.54) is 37.7 Å². The summed E-state index contributed by atoms with van der Waals surface area (Å²) in [5, 5.41) is 6.84. The van der Waals surface area contributed by atoms with E-state index in [1.807, 2.05) is 24.3 Å². The Balaban J connectivity index is 1.52. The Hall–Kier alpha value is -2.50. The number of anilines is 2. The van der Waals surface area contributed by atoms with Crippen molar-refractivity contribution < 1.29 is 9.47 Å². The highest BCUT2D eigenvalue weighted by molar-refractivity contribution is 5.43. The van der Waals surface area contributed by atoms with Crippen LogP contribution in [0.3, 0.4) is 0 Å². The third-order valence-electron chi connectivity index (χ3n) is 4.76. The van der Waals surface area contributed by atoms with E-state index in [9.17, 15) is 0 Å². The predicted molar refractivity (Wildman–Crippen MR) is 104 cm³/mol. The molecular formula is C20H28N4O2. The van der Waals surface area contributed by atoms with Crippen LogP contribution in [-0.2, 0) is 6.42 Å². The zero-order valence-electron chi connectivity index (χ0n) is 15.6. The molecule has 3 rings (SSSR count). The maximum Gasteiger partial charge on any atom is 0.224 e. The molecule has 1 heterocycles. The van der Waals surface area contributed by atoms with E-state index in [0.717, 1.165) is 30.3 Å². The molecule has 0 aliphatic heterocycles. The third kappa shape index (κ3) is 5.00. The van der Waals surface area contributed by atoms with Gasteiger partial charge in [0.15, 0.2) is 11.5 Å². The van der Waals surface area contributed by atoms with Gasteiger partial charge in [-0.25, -0.2) is 4.98 Å². The first-order chi connectivity index (χ1) is 12.8. The van der Waals surface area contributed by atoms with Crippen molar-refractivity contribution in [2.45, 2.75) is 44.6 Å². The minimum absolute atomic E-state index is 0.540. The summed E-state index contributed by atoms with van der Waals surface area (Å²) in [5.74, 6) is 3.06. The summed E-state index contributed by atoms with van der Waals surface area (Å²) in [6.45, 7) is 0.752. The first-order valence-electron chi connectivity index (χ1n) is 9.33. The fourth-order valence-corrected chi connectivity index (χ4v) is 3.34. The number of nitrogens with one attached hydrogen (secondary N) is 2. The molecule has 6 nitrogen and oxygen atoms in total. The number of methoxy groups -OCH3 is 2. The van der Waals surface area contributed by atoms with Crippen LogP contribution in [0.15, 0.2) is 30.5 Å². The molecular weight excluding hydrogens is 328 g/mol. The highest BCUT2D eigenvalue weighted by Gasteiger charge is 2.13. The molecule has 0 amide bonds. The summed E-state index contributed by atoms with van der Waals surface area (Å²) in [6.07, 6.45) is 9.07. The minimum Gasteiger partial charge on any atom is -0.493 e. The van der Waals surface area contributed by atoms with Crippen molar-refractivity contribution in [1.29, 1.82) is 0 Å². The second-order valence-corrected chi connectivity index (χ2v) is 6.61. The van der Waals surface area contributed by atoms with Gasteiger partial charge < -0.3 is 20.1 Å². The second kappa shape index (κ2) is 9.27. The van der Waals surface area contributed by atoms with Crippen LogP contribution >= 0.6 is 0 Å². The summed E-state index contributed by atoms with van der Waals surface area (Å²) in [6, 6.07) is 8.46. The highest BCUT2D eigenvalue weighted by Crippen LogP contribution is 2.27. The average Bonchev–Trinajstić information content (AvgIpc) is 2.69. The van der Waals surface area contributed by atoms with E-state index < -0.39 is 0 Å². The lowest BCUT2D eigenvalue weighted by molar-refractivity contribution is 0.354. The van der Waals surface area contributed by atoms with Crippen molar-refractivity contribution in [3.05, 3.63) is 36.0 Å². The SMILES string of the molecule is COc1ccc(CCNc2nccc(NC3CCCCC3)n2)cc1OC. The first-order valence-corrected chi connectivity index (χ1v) is 9.33. The van der Waals surface area contributed by atoms with Crippen LogP contribution in [-0.4, -0.2) is 36.8 Å². The van der Waals surface area contributed by atoms with E-state index in [0.29, 0.717) is 12.0 Å². The summed E-state index contributed by atoms with van der Waals surface area (Å²) >= 11 is 0. The smallest absolute Gasteiger partial charge is 0.224 e. The molecule has 6 heteroatoms. The topological polar surface area (TPSA) is 68.3 Å². The molecule has 1 aliphatic carbocycles. The molecule has 1 fully saturated rings. The lowest BCUT2D eigenvalue weighted by Crippen LogP contribution is -2.23. The quantitative estimate of drug-likeness (QED) is 0.748. The van der Waals surface area contributed by atoms with E-state index >= 15 is 0 Å². The van der Waals surface area contributed by atoms with Crippen molar-refractivity contribution >= 4 is 11.8 Å². The summed E-state index contributed by atoms with van der Waals surface area (Å²) in [4.78, 5) is 8.90. The molecule has 0 atom stereocenters. The Kier molecular flexibility index (Phi) is 6.52. The Morgan fingerprint density at radius 1 is 1.04 bits per heavy atom. The number of aromatic nitrogens is 2. The highest BCUT2D eigenvalue weighted by atomic mass is 16.5. The van der Waals surface area contributed by atoms with E-state index in [4.69, 9.17) is 9.47 Å². The molecule has 2 N–H and O–H groups in total. The van der Waals surface area contributed by atoms with Gasteiger partial charge >= 0.3 is 0 Å². The van der Waals surface area contributed by atoms with Gasteiger partial charge in [0.25, 0.3) is 0 Å². The van der Waals surface area contributed by atoms with Gasteiger partial charge in [0.1, 0.15) is 5.82 Å². The van der Waals surface area contributed by atoms with Crippen LogP contribution in [0.2, 0.25) is 0 Å². The van der Waals surface area contributed by atoms with Gasteiger partial charge in [-0.05, 0) is 43.0 Å². The fourth-order valence-electron chi connectivity index (χ4n) is 3.34. The molecule has 0 bridgehead atoms. The van der Waals surface area contributed by atoms with Gasteiger partial charge in [0.2, 0.25) is 5.95 Å². The van der Waals surface area contributed by atoms with E-state index in [-0.39, 0.29) is 0 Å². The van der Waals surface area contributed by atoms with Crippen molar-refractivity contribution in [3.63, 3.8) is 0 Å². The first kappa shape index (κ1) is 18.3. The lowest BCUT2D eigenvalue weighted by Gasteiger charge is -2.23. The zero-order valence-corrected chi connectivity index (χ0v) is 15.6. The van der Waals surface area contributed by atoms with Gasteiger partial charge in [0.05, 0.1) is 14.2 Å². The van der Waals surface area contributed by atoms with Gasteiger partial charge in [-0.3, -0.25) is 0 Å². The minimum atomic E-state index is 0.540. The maximum atomic E-state index is 5.35. The van der Waals surface area contributed by atoms with E-state index in [2.05, 4.69) is 20.6 Å². The van der Waals surface area contributed by atoms with Crippen LogP contribution in [0, 0.1) is 0 Å². The maximum absolute atomic E-state index is 5.35. The molecule has 0 radical (unpaired) electrons. The lowest BCUT2D eigenvalue weighted by atomic mass is 9.95. The Labute approximate surface area is 155 Å². The molecule has 1 saturated carbocycles. The molecule has 1 aliphatic rings. The molecule has 0 saturated heterocycles. The number of benzene rings is 1. The second-order valence-electron chi connectivity index (χ2n) is 6.61. The third-order valence-corrected chi connectivity index (χ3v) is 4.76. The van der Waals surface area contributed by atoms with Gasteiger partial charge in [-0.1, -0.05) is 25.3 Å². The monoisotopic (exact) mass is 356 g/mol. The average molecular weight is 356 g/mol. The Bertz CT molecular complexity index is 702. The standard InChI is InChI=1S/C20H28N4O2/c1-25-17-9-8-15(14-18(17)26-2)10-12-21-20-22-13-11-19(24-20)23-16-6-4-3-5-7-16/h8-9,11,13-14,16H,3-7,10,12H2,1-2H3,(H2,21,22,23,24). The molecule has 0 unspecified atom stereocenters. The molecule has 140 valence electrons. The molecule has 0 spiro atoms. The van der Waals surface area contributed by atoms with Gasteiger partial charge in [0, 0.05) is 18.8 Å². The Morgan fingerprint density at radius 3 is 2.62 bits per heavy atom. The van der Waals surface area contributed by atoms with Crippen LogP contribution in [0.5, 0.6) is 11.5 Å². The summed E-state index contributed by atoms with van der Waals surface area (Å²) < 4.78 is 10.6. The van der Waals surface area contributed by atoms with Crippen molar-refractivity contribution in [2.75, 3.05) is 31.4 Å². The van der Waals surface area contributed by atoms with Gasteiger partial charge in [-0.2, -0.15) is 4.98 Å². The van der Waals surface area contributed by atoms with E-state index in [1.54, 1.807) is 20.4 Å². The van der Waals surface area contributed by atoms with Gasteiger partial charge in [-0.15, -0.1) is 0 Å². The van der Waals surface area contributed by atoms with Crippen LogP contribution in [0.4, 0.5) is 11.8 Å². The summed E-state index contributed by atoms with van der Waals surface area (Å²) in [5.41, 5.74) is 1.17. The number of nitrogens with zero attached hydrogens (tertiary/aromatic N) is 2. The van der Waals surface area contributed by atoms with Crippen molar-refractivity contribution in [2.24, 2.45) is 0 Å². The molecule has 2 aromatic rings. The number of hydrogen-bond acceptors (Lipinski definition) is 6. The Morgan fingerprint density at radius 2 is 1.85 bits per heavy atom. The number of hydrogen-bond donors (Lipinski definition) is 2. The van der Waals surface area contributed by atoms with Crippen molar-refractivity contribution in [3.8, 4) is 11.5 Å². The largest absolute Gasteiger partial charge is 0.493 e. The number of ether oxygens (including phenoxy) is 2. The normalized spacial score (nSPS) is 14.7. The predicted octanol–water partition coefficient (Wildman–Crippen LogP) is 3.89.